The van der Waals surface area contributed by atoms with E-state index in [4.69, 9.17) is 9.47 Å². The third-order valence-corrected chi connectivity index (χ3v) is 6.69. The number of amides is 3. The van der Waals surface area contributed by atoms with Crippen molar-refractivity contribution in [1.29, 1.82) is 0 Å². The lowest BCUT2D eigenvalue weighted by Crippen LogP contribution is -2.48. The number of hydrogen-bond acceptors (Lipinski definition) is 5. The molecule has 188 valence electrons. The molecule has 0 saturated heterocycles. The summed E-state index contributed by atoms with van der Waals surface area (Å²) in [6.07, 6.45) is 3.76. The fourth-order valence-electron chi connectivity index (χ4n) is 4.33. The highest BCUT2D eigenvalue weighted by Gasteiger charge is 2.33. The Balaban J connectivity index is 1.91. The molecular weight excluding hydrogens is 434 g/mol. The van der Waals surface area contributed by atoms with Crippen molar-refractivity contribution in [3.63, 3.8) is 0 Å². The van der Waals surface area contributed by atoms with Crippen molar-refractivity contribution in [2.24, 2.45) is 11.8 Å². The summed E-state index contributed by atoms with van der Waals surface area (Å²) in [6.45, 7) is 7.16. The van der Waals surface area contributed by atoms with E-state index >= 15 is 0 Å². The van der Waals surface area contributed by atoms with Crippen molar-refractivity contribution in [2.45, 2.75) is 65.0 Å². The molecule has 3 amide bonds. The van der Waals surface area contributed by atoms with Crippen molar-refractivity contribution < 1.29 is 23.9 Å². The van der Waals surface area contributed by atoms with Gasteiger partial charge in [0.25, 0.3) is 5.91 Å². The van der Waals surface area contributed by atoms with Crippen LogP contribution in [-0.2, 0) is 14.3 Å². The Kier molecular flexibility index (Phi) is 8.94. The molecule has 0 radical (unpaired) electrons. The average Bonchev–Trinajstić information content (AvgIpc) is 3.62. The minimum Gasteiger partial charge on any atom is -0.491 e. The predicted octanol–water partition coefficient (Wildman–Crippen LogP) is 3.56. The van der Waals surface area contributed by atoms with E-state index in [9.17, 15) is 14.4 Å². The maximum Gasteiger partial charge on any atom is 0.257 e. The van der Waals surface area contributed by atoms with Gasteiger partial charge in [0, 0.05) is 57.8 Å². The lowest BCUT2D eigenvalue weighted by atomic mass is 10.0. The quantitative estimate of drug-likeness (QED) is 0.683. The summed E-state index contributed by atoms with van der Waals surface area (Å²) in [4.78, 5) is 42.0. The summed E-state index contributed by atoms with van der Waals surface area (Å²) in [5.41, 5.74) is 1.000. The minimum absolute atomic E-state index is 0.0425. The second-order valence-electron chi connectivity index (χ2n) is 9.80. The van der Waals surface area contributed by atoms with E-state index in [2.05, 4.69) is 12.2 Å². The maximum atomic E-state index is 13.3. The summed E-state index contributed by atoms with van der Waals surface area (Å²) in [5, 5.41) is 2.87. The zero-order valence-electron chi connectivity index (χ0n) is 21.1. The molecule has 1 heterocycles. The largest absolute Gasteiger partial charge is 0.491 e. The molecule has 1 aliphatic heterocycles. The van der Waals surface area contributed by atoms with Gasteiger partial charge in [-0.3, -0.25) is 14.4 Å². The van der Waals surface area contributed by atoms with Crippen LogP contribution in [0.2, 0.25) is 0 Å². The smallest absolute Gasteiger partial charge is 0.257 e. The van der Waals surface area contributed by atoms with E-state index in [0.29, 0.717) is 48.8 Å². The second kappa shape index (κ2) is 11.7. The summed E-state index contributed by atoms with van der Waals surface area (Å²) >= 11 is 0. The zero-order valence-corrected chi connectivity index (χ0v) is 21.1. The van der Waals surface area contributed by atoms with Crippen molar-refractivity contribution >= 4 is 23.4 Å². The van der Waals surface area contributed by atoms with Crippen LogP contribution in [0.15, 0.2) is 18.2 Å². The van der Waals surface area contributed by atoms with Crippen LogP contribution in [0.5, 0.6) is 5.75 Å². The monoisotopic (exact) mass is 473 g/mol. The Bertz CT molecular complexity index is 885. The Morgan fingerprint density at radius 2 is 1.94 bits per heavy atom. The van der Waals surface area contributed by atoms with Crippen LogP contribution in [0, 0.1) is 11.8 Å². The van der Waals surface area contributed by atoms with Gasteiger partial charge in [-0.2, -0.15) is 0 Å². The van der Waals surface area contributed by atoms with Crippen LogP contribution in [0.1, 0.15) is 63.2 Å². The van der Waals surface area contributed by atoms with Gasteiger partial charge < -0.3 is 24.6 Å². The topological polar surface area (TPSA) is 88.2 Å². The predicted molar refractivity (Wildman–Crippen MR) is 131 cm³/mol. The first-order valence-electron chi connectivity index (χ1n) is 12.4. The van der Waals surface area contributed by atoms with Gasteiger partial charge in [0.05, 0.1) is 17.7 Å². The Labute approximate surface area is 202 Å². The Morgan fingerprint density at radius 3 is 2.59 bits per heavy atom. The number of ether oxygens (including phenoxy) is 2. The Morgan fingerprint density at radius 1 is 1.21 bits per heavy atom. The van der Waals surface area contributed by atoms with Gasteiger partial charge in [-0.1, -0.05) is 13.8 Å². The number of hydrogen-bond donors (Lipinski definition) is 1. The minimum atomic E-state index is -0.214. The zero-order chi connectivity index (χ0) is 24.8. The van der Waals surface area contributed by atoms with Crippen LogP contribution in [0.3, 0.4) is 0 Å². The van der Waals surface area contributed by atoms with Gasteiger partial charge in [0.2, 0.25) is 11.8 Å². The second-order valence-corrected chi connectivity index (χ2v) is 9.80. The number of benzene rings is 1. The number of carbonyl (C=O) groups is 3. The molecule has 1 aromatic rings. The molecule has 2 aliphatic rings. The van der Waals surface area contributed by atoms with Crippen molar-refractivity contribution in [3.8, 4) is 5.75 Å². The summed E-state index contributed by atoms with van der Waals surface area (Å²) in [7, 11) is 3.39. The van der Waals surface area contributed by atoms with Crippen LogP contribution in [-0.4, -0.2) is 73.5 Å². The standard InChI is InChI=1S/C26H39N3O5/c1-6-7-24(30)27-20-10-11-21-22(13-20)34-16-18(3)29(25(31)12-19-8-9-19)14-17(2)23(33-5)15-28(4)26(21)32/h10-11,13,17-19,23H,6-9,12,14-16H2,1-5H3,(H,27,30)/t17-,18+,23+/m1/s1. The van der Waals surface area contributed by atoms with E-state index in [1.54, 1.807) is 37.3 Å². The Hall–Kier alpha value is -2.61. The fraction of sp³-hybridized carbons (Fsp3) is 0.654. The van der Waals surface area contributed by atoms with Gasteiger partial charge in [-0.05, 0) is 44.2 Å². The fourth-order valence-corrected chi connectivity index (χ4v) is 4.33. The number of methoxy groups -OCH3 is 1. The molecule has 1 saturated carbocycles. The molecule has 8 nitrogen and oxygen atoms in total. The number of nitrogens with zero attached hydrogens (tertiary/aromatic N) is 2. The number of likely N-dealkylation sites (N-methyl/N-ethyl adjacent to an activating group) is 1. The number of nitrogens with one attached hydrogen (secondary N) is 1. The number of fused-ring (bicyclic) bond motifs is 1. The highest BCUT2D eigenvalue weighted by molar-refractivity contribution is 5.98. The highest BCUT2D eigenvalue weighted by Crippen LogP contribution is 2.33. The van der Waals surface area contributed by atoms with Gasteiger partial charge in [-0.25, -0.2) is 0 Å². The molecule has 3 rings (SSSR count). The third kappa shape index (κ3) is 6.72. The molecule has 0 aromatic heterocycles. The molecule has 1 aliphatic carbocycles. The van der Waals surface area contributed by atoms with Gasteiger partial charge in [0.15, 0.2) is 0 Å². The molecule has 0 spiro atoms. The van der Waals surface area contributed by atoms with E-state index in [1.165, 1.54) is 0 Å². The molecular formula is C26H39N3O5. The third-order valence-electron chi connectivity index (χ3n) is 6.69. The lowest BCUT2D eigenvalue weighted by molar-refractivity contribution is -0.135. The lowest BCUT2D eigenvalue weighted by Gasteiger charge is -2.36. The highest BCUT2D eigenvalue weighted by atomic mass is 16.5. The van der Waals surface area contributed by atoms with Crippen molar-refractivity contribution in [2.75, 3.05) is 39.2 Å². The van der Waals surface area contributed by atoms with Crippen molar-refractivity contribution in [3.05, 3.63) is 23.8 Å². The average molecular weight is 474 g/mol. The first kappa shape index (κ1) is 26.0. The number of anilines is 1. The first-order chi connectivity index (χ1) is 16.2. The molecule has 1 N–H and O–H groups in total. The molecule has 34 heavy (non-hydrogen) atoms. The summed E-state index contributed by atoms with van der Waals surface area (Å²) in [5.74, 6) is 0.819. The summed E-state index contributed by atoms with van der Waals surface area (Å²) < 4.78 is 11.9. The van der Waals surface area contributed by atoms with Crippen LogP contribution in [0.4, 0.5) is 5.69 Å². The van der Waals surface area contributed by atoms with E-state index in [1.807, 2.05) is 18.7 Å². The van der Waals surface area contributed by atoms with E-state index < -0.39 is 0 Å². The van der Waals surface area contributed by atoms with Crippen LogP contribution in [0.25, 0.3) is 0 Å². The van der Waals surface area contributed by atoms with Gasteiger partial charge in [0.1, 0.15) is 12.4 Å². The maximum absolute atomic E-state index is 13.3. The molecule has 1 fully saturated rings. The molecule has 0 unspecified atom stereocenters. The number of carbonyl (C=O) groups excluding carboxylic acids is 3. The normalized spacial score (nSPS) is 23.9. The van der Waals surface area contributed by atoms with Crippen molar-refractivity contribution in [1.82, 2.24) is 9.80 Å². The molecule has 0 bridgehead atoms. The summed E-state index contributed by atoms with van der Waals surface area (Å²) in [6, 6.07) is 4.93. The van der Waals surface area contributed by atoms with Gasteiger partial charge in [-0.15, -0.1) is 0 Å². The van der Waals surface area contributed by atoms with Crippen LogP contribution < -0.4 is 10.1 Å². The van der Waals surface area contributed by atoms with Gasteiger partial charge >= 0.3 is 0 Å². The molecule has 8 heteroatoms. The van der Waals surface area contributed by atoms with E-state index in [-0.39, 0.29) is 42.4 Å². The van der Waals surface area contributed by atoms with E-state index in [0.717, 1.165) is 19.3 Å². The molecule has 3 atom stereocenters. The molecule has 1 aromatic carbocycles. The van der Waals surface area contributed by atoms with Crippen LogP contribution >= 0.6 is 0 Å². The number of rotatable bonds is 6. The first-order valence-corrected chi connectivity index (χ1v) is 12.4. The SMILES string of the molecule is CCCC(=O)Nc1ccc2c(c1)OC[C@H](C)N(C(=O)CC1CC1)C[C@@H](C)[C@@H](OC)CN(C)C2=O.